The summed E-state index contributed by atoms with van der Waals surface area (Å²) < 4.78 is 4.84. The van der Waals surface area contributed by atoms with Crippen molar-refractivity contribution in [3.8, 4) is 0 Å². The number of aryl methyl sites for hydroxylation is 1. The number of hydrogen-bond acceptors (Lipinski definition) is 5. The van der Waals surface area contributed by atoms with E-state index in [4.69, 9.17) is 4.74 Å². The van der Waals surface area contributed by atoms with Gasteiger partial charge in [-0.25, -0.2) is 4.79 Å². The molecule has 0 aliphatic carbocycles. The van der Waals surface area contributed by atoms with Crippen LogP contribution < -0.4 is 5.32 Å². The van der Waals surface area contributed by atoms with Crippen molar-refractivity contribution in [3.63, 3.8) is 0 Å². The first-order chi connectivity index (χ1) is 12.1. The van der Waals surface area contributed by atoms with Gasteiger partial charge < -0.3 is 19.9 Å². The van der Waals surface area contributed by atoms with E-state index in [2.05, 4.69) is 10.3 Å². The fraction of sp³-hybridized carbons (Fsp3) is 0.611. The first kappa shape index (κ1) is 20.4. The minimum atomic E-state index is -0.527. The Morgan fingerprint density at radius 3 is 2.54 bits per heavy atom. The molecule has 1 saturated heterocycles. The molecule has 2 amide bonds. The van der Waals surface area contributed by atoms with Gasteiger partial charge in [0, 0.05) is 17.0 Å². The number of ether oxygens (including phenoxy) is 1. The number of rotatable bonds is 4. The van der Waals surface area contributed by atoms with Crippen LogP contribution in [0.1, 0.15) is 59.8 Å². The van der Waals surface area contributed by atoms with Crippen LogP contribution in [-0.4, -0.2) is 58.0 Å². The number of amides is 2. The van der Waals surface area contributed by atoms with Crippen molar-refractivity contribution in [3.05, 3.63) is 22.5 Å². The predicted octanol–water partition coefficient (Wildman–Crippen LogP) is 2.10. The molecule has 1 atom stereocenters. The van der Waals surface area contributed by atoms with Gasteiger partial charge in [-0.2, -0.15) is 0 Å². The lowest BCUT2D eigenvalue weighted by Gasteiger charge is -2.27. The average Bonchev–Trinajstić information content (AvgIpc) is 3.16. The molecule has 1 aromatic rings. The quantitative estimate of drug-likeness (QED) is 0.780. The van der Waals surface area contributed by atoms with Crippen molar-refractivity contribution in [1.29, 1.82) is 0 Å². The first-order valence-corrected chi connectivity index (χ1v) is 9.76. The molecule has 0 bridgehead atoms. The molecule has 1 unspecified atom stereocenters. The van der Waals surface area contributed by atoms with Gasteiger partial charge in [-0.05, 0) is 39.7 Å². The summed E-state index contributed by atoms with van der Waals surface area (Å²) in [6.07, 6.45) is 0.571. The number of nitrogens with one attached hydrogen (secondary N) is 2. The molecule has 2 N–H and O–H groups in total. The molecular formula is C18H27N3O4S. The van der Waals surface area contributed by atoms with E-state index in [1.165, 1.54) is 18.9 Å². The minimum absolute atomic E-state index is 0.163. The molecule has 2 heterocycles. The molecule has 144 valence electrons. The van der Waals surface area contributed by atoms with E-state index in [9.17, 15) is 14.4 Å². The van der Waals surface area contributed by atoms with Gasteiger partial charge in [0.05, 0.1) is 18.6 Å². The number of esters is 1. The van der Waals surface area contributed by atoms with Crippen molar-refractivity contribution in [2.24, 2.45) is 0 Å². The normalized spacial score (nSPS) is 17.3. The van der Waals surface area contributed by atoms with E-state index in [0.717, 1.165) is 0 Å². The molecule has 1 aliphatic heterocycles. The third kappa shape index (κ3) is 4.06. The zero-order valence-corrected chi connectivity index (χ0v) is 17.0. The molecular weight excluding hydrogens is 354 g/mol. The van der Waals surface area contributed by atoms with Gasteiger partial charge in [-0.15, -0.1) is 11.8 Å². The number of methoxy groups -OCH3 is 1. The molecule has 1 aromatic heterocycles. The Morgan fingerprint density at radius 1 is 1.35 bits per heavy atom. The summed E-state index contributed by atoms with van der Waals surface area (Å²) in [6.45, 7) is 9.35. The topological polar surface area (TPSA) is 91.5 Å². The largest absolute Gasteiger partial charge is 0.465 e. The van der Waals surface area contributed by atoms with Crippen LogP contribution in [0.3, 0.4) is 0 Å². The summed E-state index contributed by atoms with van der Waals surface area (Å²) in [5.74, 6) is 0.0924. The first-order valence-electron chi connectivity index (χ1n) is 8.61. The molecule has 1 aliphatic rings. The highest BCUT2D eigenvalue weighted by Gasteiger charge is 2.38. The molecule has 26 heavy (non-hydrogen) atoms. The van der Waals surface area contributed by atoms with Crippen LogP contribution in [0.4, 0.5) is 0 Å². The molecule has 7 nitrogen and oxygen atoms in total. The zero-order chi connectivity index (χ0) is 19.6. The van der Waals surface area contributed by atoms with Gasteiger partial charge >= 0.3 is 5.97 Å². The Kier molecular flexibility index (Phi) is 6.05. The maximum Gasteiger partial charge on any atom is 0.339 e. The number of thioether (sulfide) groups is 1. The van der Waals surface area contributed by atoms with Crippen LogP contribution in [0.2, 0.25) is 0 Å². The van der Waals surface area contributed by atoms with Crippen LogP contribution in [-0.2, 0) is 16.0 Å². The monoisotopic (exact) mass is 381 g/mol. The van der Waals surface area contributed by atoms with Gasteiger partial charge in [0.15, 0.2) is 0 Å². The second-order valence-electron chi connectivity index (χ2n) is 7.35. The summed E-state index contributed by atoms with van der Waals surface area (Å²) in [4.78, 5) is 42.4. The van der Waals surface area contributed by atoms with Gasteiger partial charge in [-0.1, -0.05) is 6.92 Å². The van der Waals surface area contributed by atoms with Crippen LogP contribution >= 0.6 is 11.8 Å². The van der Waals surface area contributed by atoms with E-state index in [1.807, 2.05) is 27.7 Å². The van der Waals surface area contributed by atoms with Crippen molar-refractivity contribution in [1.82, 2.24) is 15.2 Å². The maximum atomic E-state index is 13.1. The average molecular weight is 381 g/mol. The van der Waals surface area contributed by atoms with Crippen LogP contribution in [0, 0.1) is 6.92 Å². The standard InChI is InChI=1S/C18H27N3O4S/c1-7-11-13(17(24)25-6)10(2)14(19-11)16(23)21-9-26-8-12(21)15(22)20-18(3,4)5/h12,19H,7-9H2,1-6H3,(H,20,22). The van der Waals surface area contributed by atoms with E-state index >= 15 is 0 Å². The number of hydrogen-bond donors (Lipinski definition) is 2. The molecule has 0 spiro atoms. The number of carbonyl (C=O) groups excluding carboxylic acids is 3. The van der Waals surface area contributed by atoms with Crippen molar-refractivity contribution in [2.75, 3.05) is 18.7 Å². The summed E-state index contributed by atoms with van der Waals surface area (Å²) in [5.41, 5.74) is 1.61. The Bertz CT molecular complexity index is 721. The molecule has 0 saturated carbocycles. The summed E-state index contributed by atoms with van der Waals surface area (Å²) >= 11 is 1.54. The number of aromatic amines is 1. The molecule has 1 fully saturated rings. The fourth-order valence-electron chi connectivity index (χ4n) is 2.97. The fourth-order valence-corrected chi connectivity index (χ4v) is 4.13. The van der Waals surface area contributed by atoms with Crippen LogP contribution in [0.25, 0.3) is 0 Å². The van der Waals surface area contributed by atoms with Gasteiger partial charge in [0.25, 0.3) is 5.91 Å². The molecule has 8 heteroatoms. The Labute approximate surface area is 158 Å². The number of carbonyl (C=O) groups is 3. The van der Waals surface area contributed by atoms with E-state index in [1.54, 1.807) is 11.8 Å². The van der Waals surface area contributed by atoms with Gasteiger partial charge in [0.2, 0.25) is 5.91 Å². The third-order valence-electron chi connectivity index (χ3n) is 4.23. The Morgan fingerprint density at radius 2 is 2.00 bits per heavy atom. The lowest BCUT2D eigenvalue weighted by Crippen LogP contribution is -2.52. The van der Waals surface area contributed by atoms with E-state index < -0.39 is 12.0 Å². The lowest BCUT2D eigenvalue weighted by atomic mass is 10.1. The van der Waals surface area contributed by atoms with Crippen LogP contribution in [0.15, 0.2) is 0 Å². The second kappa shape index (κ2) is 7.73. The molecule has 0 aromatic carbocycles. The smallest absolute Gasteiger partial charge is 0.339 e. The van der Waals surface area contributed by atoms with Gasteiger partial charge in [0.1, 0.15) is 11.7 Å². The van der Waals surface area contributed by atoms with Crippen LogP contribution in [0.5, 0.6) is 0 Å². The summed E-state index contributed by atoms with van der Waals surface area (Å²) in [6, 6.07) is -0.527. The van der Waals surface area contributed by atoms with Gasteiger partial charge in [-0.3, -0.25) is 9.59 Å². The second-order valence-corrected chi connectivity index (χ2v) is 8.35. The number of aromatic nitrogens is 1. The SMILES string of the molecule is CCc1[nH]c(C(=O)N2CSCC2C(=O)NC(C)(C)C)c(C)c1C(=O)OC. The lowest BCUT2D eigenvalue weighted by molar-refractivity contribution is -0.125. The predicted molar refractivity (Wildman–Crippen MR) is 101 cm³/mol. The van der Waals surface area contributed by atoms with E-state index in [-0.39, 0.29) is 17.4 Å². The number of nitrogens with zero attached hydrogens (tertiary/aromatic N) is 1. The highest BCUT2D eigenvalue weighted by molar-refractivity contribution is 7.99. The summed E-state index contributed by atoms with van der Waals surface area (Å²) in [5, 5.41) is 2.94. The Balaban J connectivity index is 2.32. The molecule has 0 radical (unpaired) electrons. The van der Waals surface area contributed by atoms with Crippen molar-refractivity contribution < 1.29 is 19.1 Å². The maximum absolute atomic E-state index is 13.1. The Hall–Kier alpha value is -1.96. The minimum Gasteiger partial charge on any atom is -0.465 e. The summed E-state index contributed by atoms with van der Waals surface area (Å²) in [7, 11) is 1.32. The highest BCUT2D eigenvalue weighted by Crippen LogP contribution is 2.27. The van der Waals surface area contributed by atoms with Crippen molar-refractivity contribution in [2.45, 2.75) is 52.6 Å². The van der Waals surface area contributed by atoms with Crippen molar-refractivity contribution >= 4 is 29.5 Å². The number of H-pyrrole nitrogens is 1. The zero-order valence-electron chi connectivity index (χ0n) is 16.2. The third-order valence-corrected chi connectivity index (χ3v) is 5.24. The van der Waals surface area contributed by atoms with E-state index in [0.29, 0.717) is 40.6 Å². The highest BCUT2D eigenvalue weighted by atomic mass is 32.2. The molecule has 2 rings (SSSR count).